The molecule has 1 N–H and O–H groups in total. The van der Waals surface area contributed by atoms with E-state index < -0.39 is 5.41 Å². The maximum Gasteiger partial charge on any atom is 0.233 e. The van der Waals surface area contributed by atoms with E-state index in [0.29, 0.717) is 31.1 Å². The molecule has 1 aliphatic rings. The summed E-state index contributed by atoms with van der Waals surface area (Å²) in [5.74, 6) is -0.0884. The Hall–Kier alpha value is -2.70. The molecule has 1 fully saturated rings. The quantitative estimate of drug-likeness (QED) is 0.392. The molecule has 1 amide bonds. The van der Waals surface area contributed by atoms with Crippen LogP contribution in [-0.2, 0) is 21.4 Å². The van der Waals surface area contributed by atoms with Gasteiger partial charge in [0.15, 0.2) is 0 Å². The van der Waals surface area contributed by atoms with Crippen LogP contribution in [0.15, 0.2) is 54.6 Å². The summed E-state index contributed by atoms with van der Waals surface area (Å²) < 4.78 is 18.7. The molecule has 0 saturated carbocycles. The lowest BCUT2D eigenvalue weighted by atomic mass is 9.73. The standard InChI is InChI=1S/C27H31ClFN3O2/c1-32(26(33)27(14-17-34-18-15-27)21-8-10-22(28)11-9-21)16-4-2-3-5-24-19-25(31-30-24)20-6-12-23(29)13-7-20/h6-13,19H,2-5,14-18H2,1H3,(H,30,31). The molecule has 4 rings (SSSR count). The molecule has 1 saturated heterocycles. The van der Waals surface area contributed by atoms with Crippen LogP contribution < -0.4 is 0 Å². The molecule has 2 aromatic carbocycles. The molecule has 5 nitrogen and oxygen atoms in total. The summed E-state index contributed by atoms with van der Waals surface area (Å²) in [7, 11) is 1.90. The van der Waals surface area contributed by atoms with Gasteiger partial charge in [-0.2, -0.15) is 5.10 Å². The van der Waals surface area contributed by atoms with E-state index in [2.05, 4.69) is 10.2 Å². The number of amides is 1. The number of ether oxygens (including phenoxy) is 1. The maximum atomic E-state index is 13.5. The fraction of sp³-hybridized carbons (Fsp3) is 0.407. The second kappa shape index (κ2) is 11.2. The Morgan fingerprint density at radius 1 is 1.09 bits per heavy atom. The largest absolute Gasteiger partial charge is 0.381 e. The van der Waals surface area contributed by atoms with Gasteiger partial charge < -0.3 is 9.64 Å². The van der Waals surface area contributed by atoms with Crippen molar-refractivity contribution in [1.29, 1.82) is 0 Å². The number of hydrogen-bond acceptors (Lipinski definition) is 3. The number of aromatic amines is 1. The summed E-state index contributed by atoms with van der Waals surface area (Å²) in [6.07, 6.45) is 5.22. The molecule has 0 radical (unpaired) electrons. The van der Waals surface area contributed by atoms with Crippen LogP contribution in [0.1, 0.15) is 43.4 Å². The SMILES string of the molecule is CN(CCCCCc1cc(-c2ccc(F)cc2)n[nH]1)C(=O)C1(c2ccc(Cl)cc2)CCOCC1. The number of likely N-dealkylation sites (N-methyl/N-ethyl adjacent to an activating group) is 1. The monoisotopic (exact) mass is 483 g/mol. The Morgan fingerprint density at radius 3 is 2.50 bits per heavy atom. The van der Waals surface area contributed by atoms with Gasteiger partial charge >= 0.3 is 0 Å². The highest BCUT2D eigenvalue weighted by atomic mass is 35.5. The minimum atomic E-state index is -0.537. The molecule has 1 aliphatic heterocycles. The van der Waals surface area contributed by atoms with E-state index in [1.165, 1.54) is 12.1 Å². The van der Waals surface area contributed by atoms with E-state index in [4.69, 9.17) is 16.3 Å². The van der Waals surface area contributed by atoms with Gasteiger partial charge in [0.05, 0.1) is 11.1 Å². The number of hydrogen-bond donors (Lipinski definition) is 1. The summed E-state index contributed by atoms with van der Waals surface area (Å²) in [6, 6.07) is 16.0. The molecule has 1 aromatic heterocycles. The van der Waals surface area contributed by atoms with Crippen molar-refractivity contribution in [3.05, 3.63) is 76.7 Å². The Morgan fingerprint density at radius 2 is 1.79 bits per heavy atom. The summed E-state index contributed by atoms with van der Waals surface area (Å²) in [5, 5.41) is 8.09. The second-order valence-corrected chi connectivity index (χ2v) is 9.46. The molecular weight excluding hydrogens is 453 g/mol. The van der Waals surface area contributed by atoms with Crippen molar-refractivity contribution in [2.24, 2.45) is 0 Å². The Labute approximate surface area is 205 Å². The normalized spacial score (nSPS) is 15.3. The van der Waals surface area contributed by atoms with Crippen LogP contribution >= 0.6 is 11.6 Å². The molecule has 7 heteroatoms. The average molecular weight is 484 g/mol. The van der Waals surface area contributed by atoms with Crippen LogP contribution in [0, 0.1) is 5.82 Å². The third kappa shape index (κ3) is 5.68. The predicted molar refractivity (Wildman–Crippen MR) is 132 cm³/mol. The third-order valence-corrected chi connectivity index (χ3v) is 6.96. The highest BCUT2D eigenvalue weighted by Crippen LogP contribution is 2.37. The number of benzene rings is 2. The molecule has 0 aliphatic carbocycles. The number of carbonyl (C=O) groups is 1. The summed E-state index contributed by atoms with van der Waals surface area (Å²) in [5.41, 5.74) is 3.27. The Balaban J connectivity index is 1.27. The number of rotatable bonds is 9. The number of nitrogens with one attached hydrogen (secondary N) is 1. The zero-order chi connectivity index (χ0) is 24.0. The van der Waals surface area contributed by atoms with Gasteiger partial charge in [0.25, 0.3) is 0 Å². The highest BCUT2D eigenvalue weighted by Gasteiger charge is 2.43. The van der Waals surface area contributed by atoms with Crippen molar-refractivity contribution in [2.45, 2.75) is 43.9 Å². The minimum Gasteiger partial charge on any atom is -0.381 e. The molecule has 0 spiro atoms. The van der Waals surface area contributed by atoms with E-state index in [1.807, 2.05) is 42.3 Å². The van der Waals surface area contributed by atoms with Crippen molar-refractivity contribution in [2.75, 3.05) is 26.8 Å². The van der Waals surface area contributed by atoms with Crippen LogP contribution in [0.2, 0.25) is 5.02 Å². The number of unbranched alkanes of at least 4 members (excludes halogenated alkanes) is 2. The first-order valence-electron chi connectivity index (χ1n) is 11.9. The van der Waals surface area contributed by atoms with Crippen molar-refractivity contribution in [3.8, 4) is 11.3 Å². The van der Waals surface area contributed by atoms with Crippen LogP contribution in [0.25, 0.3) is 11.3 Å². The first-order valence-corrected chi connectivity index (χ1v) is 12.3. The zero-order valence-electron chi connectivity index (χ0n) is 19.5. The van der Waals surface area contributed by atoms with Gasteiger partial charge in [0.2, 0.25) is 5.91 Å². The molecule has 34 heavy (non-hydrogen) atoms. The molecular formula is C27H31ClFN3O2. The van der Waals surface area contributed by atoms with Crippen molar-refractivity contribution in [3.63, 3.8) is 0 Å². The van der Waals surface area contributed by atoms with Crippen LogP contribution in [0.5, 0.6) is 0 Å². The molecule has 0 bridgehead atoms. The first-order chi connectivity index (χ1) is 16.5. The number of aryl methyl sites for hydroxylation is 1. The zero-order valence-corrected chi connectivity index (χ0v) is 20.3. The smallest absolute Gasteiger partial charge is 0.233 e. The van der Waals surface area contributed by atoms with E-state index in [-0.39, 0.29) is 11.7 Å². The van der Waals surface area contributed by atoms with Gasteiger partial charge in [0, 0.05) is 43.1 Å². The molecule has 0 atom stereocenters. The fourth-order valence-corrected chi connectivity index (χ4v) is 4.81. The number of carbonyl (C=O) groups excluding carboxylic acids is 1. The van der Waals surface area contributed by atoms with Crippen molar-refractivity contribution in [1.82, 2.24) is 15.1 Å². The summed E-state index contributed by atoms with van der Waals surface area (Å²) in [6.45, 7) is 1.90. The topological polar surface area (TPSA) is 58.2 Å². The van der Waals surface area contributed by atoms with Crippen LogP contribution in [0.4, 0.5) is 4.39 Å². The van der Waals surface area contributed by atoms with E-state index >= 15 is 0 Å². The lowest BCUT2D eigenvalue weighted by Gasteiger charge is -2.39. The molecule has 0 unspecified atom stereocenters. The molecule has 3 aromatic rings. The van der Waals surface area contributed by atoms with Crippen LogP contribution in [-0.4, -0.2) is 47.8 Å². The molecule has 180 valence electrons. The van der Waals surface area contributed by atoms with E-state index in [0.717, 1.165) is 54.7 Å². The number of nitrogens with zero attached hydrogens (tertiary/aromatic N) is 2. The molecule has 2 heterocycles. The van der Waals surface area contributed by atoms with Gasteiger partial charge in [0.1, 0.15) is 5.82 Å². The lowest BCUT2D eigenvalue weighted by molar-refractivity contribution is -0.140. The van der Waals surface area contributed by atoms with Crippen LogP contribution in [0.3, 0.4) is 0 Å². The van der Waals surface area contributed by atoms with Crippen molar-refractivity contribution < 1.29 is 13.9 Å². The second-order valence-electron chi connectivity index (χ2n) is 9.02. The summed E-state index contributed by atoms with van der Waals surface area (Å²) >= 11 is 6.08. The lowest BCUT2D eigenvalue weighted by Crippen LogP contribution is -2.48. The maximum absolute atomic E-state index is 13.5. The van der Waals surface area contributed by atoms with Gasteiger partial charge in [-0.15, -0.1) is 0 Å². The fourth-order valence-electron chi connectivity index (χ4n) is 4.68. The van der Waals surface area contributed by atoms with Gasteiger partial charge in [-0.25, -0.2) is 4.39 Å². The highest BCUT2D eigenvalue weighted by molar-refractivity contribution is 6.30. The number of H-pyrrole nitrogens is 1. The minimum absolute atomic E-state index is 0.163. The number of aromatic nitrogens is 2. The first kappa shape index (κ1) is 24.4. The van der Waals surface area contributed by atoms with Crippen molar-refractivity contribution >= 4 is 17.5 Å². The van der Waals surface area contributed by atoms with Gasteiger partial charge in [-0.1, -0.05) is 30.2 Å². The Kier molecular flexibility index (Phi) is 8.01. The van der Waals surface area contributed by atoms with Gasteiger partial charge in [-0.05, 0) is 80.1 Å². The average Bonchev–Trinajstić information content (AvgIpc) is 3.33. The number of halogens is 2. The van der Waals surface area contributed by atoms with Gasteiger partial charge in [-0.3, -0.25) is 9.89 Å². The third-order valence-electron chi connectivity index (χ3n) is 6.71. The van der Waals surface area contributed by atoms with E-state index in [1.54, 1.807) is 12.1 Å². The summed E-state index contributed by atoms with van der Waals surface area (Å²) in [4.78, 5) is 15.4. The predicted octanol–water partition coefficient (Wildman–Crippen LogP) is 5.79. The van der Waals surface area contributed by atoms with E-state index in [9.17, 15) is 9.18 Å². The Bertz CT molecular complexity index is 1080.